The number of nitrogens with one attached hydrogen (secondary N) is 1. The van der Waals surface area contributed by atoms with Gasteiger partial charge in [-0.05, 0) is 37.3 Å². The van der Waals surface area contributed by atoms with E-state index < -0.39 is 11.6 Å². The molecule has 1 N–H and O–H groups in total. The molecule has 0 saturated carbocycles. The average Bonchev–Trinajstić information content (AvgIpc) is 2.49. The van der Waals surface area contributed by atoms with Crippen LogP contribution in [0.4, 0.5) is 14.5 Å². The summed E-state index contributed by atoms with van der Waals surface area (Å²) < 4.78 is 37.4. The zero-order valence-corrected chi connectivity index (χ0v) is 11.7. The zero-order valence-electron chi connectivity index (χ0n) is 11.7. The summed E-state index contributed by atoms with van der Waals surface area (Å²) in [5.41, 5.74) is 0.122. The van der Waals surface area contributed by atoms with Crippen molar-refractivity contribution in [3.05, 3.63) is 54.1 Å². The first kappa shape index (κ1) is 15.1. The second-order valence-corrected chi connectivity index (χ2v) is 4.28. The maximum Gasteiger partial charge on any atom is 0.161 e. The molecule has 21 heavy (non-hydrogen) atoms. The third kappa shape index (κ3) is 4.34. The molecule has 0 atom stereocenters. The van der Waals surface area contributed by atoms with Gasteiger partial charge in [-0.2, -0.15) is 0 Å². The van der Waals surface area contributed by atoms with Gasteiger partial charge in [0.05, 0.1) is 12.3 Å². The zero-order chi connectivity index (χ0) is 15.1. The third-order valence-corrected chi connectivity index (χ3v) is 2.75. The first-order chi connectivity index (χ1) is 10.2. The molecular formula is C16H17F2NO2. The van der Waals surface area contributed by atoms with E-state index in [0.29, 0.717) is 31.3 Å². The maximum atomic E-state index is 13.4. The Bertz CT molecular complexity index is 590. The van der Waals surface area contributed by atoms with Gasteiger partial charge in [0.25, 0.3) is 0 Å². The summed E-state index contributed by atoms with van der Waals surface area (Å²) in [6, 6.07) is 10.6. The van der Waals surface area contributed by atoms with Crippen LogP contribution in [0.1, 0.15) is 6.92 Å². The Labute approximate surface area is 122 Å². The van der Waals surface area contributed by atoms with Crippen LogP contribution in [-0.2, 0) is 0 Å². The number of rotatable bonds is 7. The van der Waals surface area contributed by atoms with Crippen molar-refractivity contribution in [2.24, 2.45) is 0 Å². The third-order valence-electron chi connectivity index (χ3n) is 2.75. The fraction of sp³-hybridized carbons (Fsp3) is 0.250. The van der Waals surface area contributed by atoms with Crippen LogP contribution in [0.25, 0.3) is 0 Å². The van der Waals surface area contributed by atoms with Crippen molar-refractivity contribution in [3.8, 4) is 11.5 Å². The molecule has 3 nitrogen and oxygen atoms in total. The van der Waals surface area contributed by atoms with Crippen LogP contribution < -0.4 is 14.8 Å². The lowest BCUT2D eigenvalue weighted by Gasteiger charge is -2.12. The van der Waals surface area contributed by atoms with Crippen LogP contribution in [0.3, 0.4) is 0 Å². The molecule has 0 aliphatic heterocycles. The van der Waals surface area contributed by atoms with Crippen molar-refractivity contribution >= 4 is 5.69 Å². The van der Waals surface area contributed by atoms with Gasteiger partial charge in [-0.3, -0.25) is 0 Å². The second kappa shape index (κ2) is 7.47. The Balaban J connectivity index is 1.86. The fourth-order valence-electron chi connectivity index (χ4n) is 1.82. The smallest absolute Gasteiger partial charge is 0.161 e. The summed E-state index contributed by atoms with van der Waals surface area (Å²) >= 11 is 0. The number of ether oxygens (including phenoxy) is 2. The van der Waals surface area contributed by atoms with E-state index in [1.54, 1.807) is 6.07 Å². The summed E-state index contributed by atoms with van der Waals surface area (Å²) in [5.74, 6) is 0.311. The molecule has 0 heterocycles. The van der Waals surface area contributed by atoms with Crippen molar-refractivity contribution < 1.29 is 18.3 Å². The SMILES string of the molecule is CCOc1ccccc1OCCNc1cc(F)ccc1F. The average molecular weight is 293 g/mol. The van der Waals surface area contributed by atoms with E-state index in [4.69, 9.17) is 9.47 Å². The Kier molecular flexibility index (Phi) is 5.37. The number of hydrogen-bond acceptors (Lipinski definition) is 3. The monoisotopic (exact) mass is 293 g/mol. The molecule has 2 aromatic rings. The lowest BCUT2D eigenvalue weighted by molar-refractivity contribution is 0.284. The molecule has 0 radical (unpaired) electrons. The number of hydrogen-bond donors (Lipinski definition) is 1. The van der Waals surface area contributed by atoms with Gasteiger partial charge in [-0.1, -0.05) is 12.1 Å². The van der Waals surface area contributed by atoms with Crippen LogP contribution in [0.15, 0.2) is 42.5 Å². The Morgan fingerprint density at radius 2 is 1.71 bits per heavy atom. The molecule has 0 fully saturated rings. The van der Waals surface area contributed by atoms with Crippen LogP contribution in [0.2, 0.25) is 0 Å². The minimum Gasteiger partial charge on any atom is -0.490 e. The molecule has 0 bridgehead atoms. The van der Waals surface area contributed by atoms with Crippen LogP contribution >= 0.6 is 0 Å². The van der Waals surface area contributed by atoms with Crippen LogP contribution in [-0.4, -0.2) is 19.8 Å². The highest BCUT2D eigenvalue weighted by atomic mass is 19.1. The molecule has 0 aliphatic carbocycles. The van der Waals surface area contributed by atoms with Crippen molar-refractivity contribution in [2.75, 3.05) is 25.1 Å². The van der Waals surface area contributed by atoms with Gasteiger partial charge in [0.1, 0.15) is 18.2 Å². The summed E-state index contributed by atoms with van der Waals surface area (Å²) in [7, 11) is 0. The standard InChI is InChI=1S/C16H17F2NO2/c1-2-20-15-5-3-4-6-16(15)21-10-9-19-14-11-12(17)7-8-13(14)18/h3-8,11,19H,2,9-10H2,1H3. The Morgan fingerprint density at radius 3 is 2.43 bits per heavy atom. The van der Waals surface area contributed by atoms with E-state index in [1.165, 1.54) is 0 Å². The molecule has 112 valence electrons. The van der Waals surface area contributed by atoms with E-state index in [9.17, 15) is 8.78 Å². The van der Waals surface area contributed by atoms with E-state index in [1.807, 2.05) is 25.1 Å². The minimum absolute atomic E-state index is 0.122. The predicted molar refractivity (Wildman–Crippen MR) is 78.0 cm³/mol. The molecule has 0 spiro atoms. The molecule has 0 aromatic heterocycles. The minimum atomic E-state index is -0.494. The summed E-state index contributed by atoms with van der Waals surface area (Å²) in [6.45, 7) is 3.10. The quantitative estimate of drug-likeness (QED) is 0.786. The molecule has 2 rings (SSSR count). The number of halogens is 2. The lowest BCUT2D eigenvalue weighted by Crippen LogP contribution is -2.13. The molecule has 0 amide bonds. The normalized spacial score (nSPS) is 10.2. The number of para-hydroxylation sites is 2. The van der Waals surface area contributed by atoms with Gasteiger partial charge in [0, 0.05) is 6.54 Å². The van der Waals surface area contributed by atoms with Gasteiger partial charge < -0.3 is 14.8 Å². The first-order valence-electron chi connectivity index (χ1n) is 6.74. The molecule has 5 heteroatoms. The highest BCUT2D eigenvalue weighted by Crippen LogP contribution is 2.26. The Hall–Kier alpha value is -2.30. The second-order valence-electron chi connectivity index (χ2n) is 4.28. The van der Waals surface area contributed by atoms with E-state index in [-0.39, 0.29) is 5.69 Å². The highest BCUT2D eigenvalue weighted by molar-refractivity contribution is 5.45. The topological polar surface area (TPSA) is 30.5 Å². The van der Waals surface area contributed by atoms with E-state index >= 15 is 0 Å². The van der Waals surface area contributed by atoms with Crippen LogP contribution in [0, 0.1) is 11.6 Å². The van der Waals surface area contributed by atoms with Crippen molar-refractivity contribution in [1.29, 1.82) is 0 Å². The number of benzene rings is 2. The van der Waals surface area contributed by atoms with Crippen LogP contribution in [0.5, 0.6) is 11.5 Å². The molecular weight excluding hydrogens is 276 g/mol. The van der Waals surface area contributed by atoms with Gasteiger partial charge in [-0.25, -0.2) is 8.78 Å². The van der Waals surface area contributed by atoms with E-state index in [0.717, 1.165) is 18.2 Å². The first-order valence-corrected chi connectivity index (χ1v) is 6.74. The van der Waals surface area contributed by atoms with Gasteiger partial charge >= 0.3 is 0 Å². The van der Waals surface area contributed by atoms with Crippen molar-refractivity contribution in [2.45, 2.75) is 6.92 Å². The fourth-order valence-corrected chi connectivity index (χ4v) is 1.82. The molecule has 0 saturated heterocycles. The lowest BCUT2D eigenvalue weighted by atomic mass is 10.3. The van der Waals surface area contributed by atoms with Gasteiger partial charge in [0.2, 0.25) is 0 Å². The summed E-state index contributed by atoms with van der Waals surface area (Å²) in [4.78, 5) is 0. The summed E-state index contributed by atoms with van der Waals surface area (Å²) in [5, 5.41) is 2.79. The van der Waals surface area contributed by atoms with Crippen molar-refractivity contribution in [3.63, 3.8) is 0 Å². The molecule has 2 aromatic carbocycles. The summed E-state index contributed by atoms with van der Waals surface area (Å²) in [6.07, 6.45) is 0. The molecule has 0 unspecified atom stereocenters. The van der Waals surface area contributed by atoms with Crippen molar-refractivity contribution in [1.82, 2.24) is 0 Å². The predicted octanol–water partition coefficient (Wildman–Crippen LogP) is 3.85. The van der Waals surface area contributed by atoms with E-state index in [2.05, 4.69) is 5.32 Å². The van der Waals surface area contributed by atoms with Gasteiger partial charge in [-0.15, -0.1) is 0 Å². The number of anilines is 1. The molecule has 0 aliphatic rings. The highest BCUT2D eigenvalue weighted by Gasteiger charge is 2.05. The Morgan fingerprint density at radius 1 is 1.00 bits per heavy atom. The van der Waals surface area contributed by atoms with Gasteiger partial charge in [0.15, 0.2) is 11.5 Å². The largest absolute Gasteiger partial charge is 0.490 e. The maximum absolute atomic E-state index is 13.4.